The Hall–Kier alpha value is -3.14. The van der Waals surface area contributed by atoms with E-state index >= 15 is 0 Å². The van der Waals surface area contributed by atoms with Crippen molar-refractivity contribution in [1.29, 1.82) is 0 Å². The molecule has 48 heavy (non-hydrogen) atoms. The molecule has 3 heterocycles. The second kappa shape index (κ2) is 15.6. The quantitative estimate of drug-likeness (QED) is 0.109. The Balaban J connectivity index is 1.11. The van der Waals surface area contributed by atoms with Crippen molar-refractivity contribution in [3.63, 3.8) is 0 Å². The van der Waals surface area contributed by atoms with E-state index in [2.05, 4.69) is 153 Å². The molecule has 3 aromatic heterocycles. The molecule has 0 saturated carbocycles. The Labute approximate surface area is 311 Å². The maximum atomic E-state index is 4.78. The van der Waals surface area contributed by atoms with E-state index in [0.717, 1.165) is 42.6 Å². The first-order chi connectivity index (χ1) is 23.6. The summed E-state index contributed by atoms with van der Waals surface area (Å²) in [6, 6.07) is 39.2. The van der Waals surface area contributed by atoms with Gasteiger partial charge in [0.05, 0.1) is 11.7 Å². The molecule has 0 N–H and O–H groups in total. The molecule has 242 valence electrons. The Morgan fingerprint density at radius 3 is 1.62 bits per heavy atom. The van der Waals surface area contributed by atoms with Gasteiger partial charge in [0.2, 0.25) is 0 Å². The fourth-order valence-corrected chi connectivity index (χ4v) is 9.26. The number of aryl methyl sites for hydroxylation is 1. The van der Waals surface area contributed by atoms with Crippen LogP contribution >= 0.6 is 66.3 Å². The predicted octanol–water partition coefficient (Wildman–Crippen LogP) is 14.7. The van der Waals surface area contributed by atoms with Gasteiger partial charge >= 0.3 is 0 Å². The smallest absolute Gasteiger partial charge is 0.114 e. The van der Waals surface area contributed by atoms with Gasteiger partial charge in [0.25, 0.3) is 0 Å². The molecule has 0 unspecified atom stereocenters. The van der Waals surface area contributed by atoms with Gasteiger partial charge in [0.1, 0.15) is 11.0 Å². The number of rotatable bonds is 13. The molecule has 0 bridgehead atoms. The first-order valence-corrected chi connectivity index (χ1v) is 20.4. The molecule has 0 aliphatic carbocycles. The number of thiophene rings is 2. The highest BCUT2D eigenvalue weighted by Crippen LogP contribution is 2.42. The topological polar surface area (TPSA) is 29.0 Å². The lowest BCUT2D eigenvalue weighted by Gasteiger charge is -2.25. The minimum atomic E-state index is 0.992. The lowest BCUT2D eigenvalue weighted by molar-refractivity contribution is 0.609. The molecule has 0 aliphatic rings. The highest BCUT2D eigenvalue weighted by molar-refractivity contribution is 9.10. The zero-order valence-corrected chi connectivity index (χ0v) is 32.3. The number of anilines is 3. The van der Waals surface area contributed by atoms with E-state index in [9.17, 15) is 0 Å². The molecule has 0 saturated heterocycles. The van der Waals surface area contributed by atoms with E-state index in [-0.39, 0.29) is 0 Å². The molecule has 3 nitrogen and oxygen atoms in total. The summed E-state index contributed by atoms with van der Waals surface area (Å²) >= 11 is 12.2. The molecular weight excluding hydrogens is 778 g/mol. The number of nitrogens with zero attached hydrogens (tertiary/aromatic N) is 3. The summed E-state index contributed by atoms with van der Waals surface area (Å²) in [5.41, 5.74) is 8.85. The van der Waals surface area contributed by atoms with Gasteiger partial charge < -0.3 is 4.90 Å². The molecule has 0 spiro atoms. The maximum Gasteiger partial charge on any atom is 0.114 e. The second-order valence-electron chi connectivity index (χ2n) is 11.9. The first kappa shape index (κ1) is 33.4. The molecule has 7 aromatic rings. The molecule has 4 aromatic carbocycles. The number of aromatic nitrogens is 2. The van der Waals surface area contributed by atoms with Crippen molar-refractivity contribution < 1.29 is 0 Å². The van der Waals surface area contributed by atoms with Gasteiger partial charge in [-0.1, -0.05) is 95.2 Å². The third kappa shape index (κ3) is 7.53. The van der Waals surface area contributed by atoms with Crippen LogP contribution in [0.5, 0.6) is 0 Å². The standard InChI is InChI=1S/C40H35Br2N3S3/c1-2-3-4-5-6-7-8-33-21-24-37(46-33)34-22-23-35(40-39(34)43-48-44-40)38-26-25-36(47-38)27-9-15-30(16-10-27)45(31-17-11-28(41)12-18-31)32-19-13-29(42)14-20-32/h9-26H,2-8H2,1H3. The van der Waals surface area contributed by atoms with E-state index in [0.29, 0.717) is 0 Å². The van der Waals surface area contributed by atoms with Crippen LogP contribution in [-0.2, 0) is 6.42 Å². The van der Waals surface area contributed by atoms with Crippen LogP contribution in [0.25, 0.3) is 42.4 Å². The summed E-state index contributed by atoms with van der Waals surface area (Å²) in [6.07, 6.45) is 9.14. The normalized spacial score (nSPS) is 11.4. The van der Waals surface area contributed by atoms with Crippen molar-refractivity contribution in [2.45, 2.75) is 51.9 Å². The Morgan fingerprint density at radius 1 is 0.521 bits per heavy atom. The molecule has 0 fully saturated rings. The molecule has 7 rings (SSSR count). The van der Waals surface area contributed by atoms with E-state index < -0.39 is 0 Å². The predicted molar refractivity (Wildman–Crippen MR) is 217 cm³/mol. The molecular formula is C40H35Br2N3S3. The summed E-state index contributed by atoms with van der Waals surface area (Å²) in [6.45, 7) is 2.28. The van der Waals surface area contributed by atoms with Crippen molar-refractivity contribution in [1.82, 2.24) is 8.75 Å². The van der Waals surface area contributed by atoms with Gasteiger partial charge in [-0.15, -0.1) is 22.7 Å². The van der Waals surface area contributed by atoms with Crippen LogP contribution in [0.15, 0.2) is 118 Å². The summed E-state index contributed by atoms with van der Waals surface area (Å²) in [5, 5.41) is 0. The van der Waals surface area contributed by atoms with Gasteiger partial charge in [0, 0.05) is 56.6 Å². The van der Waals surface area contributed by atoms with E-state index in [4.69, 9.17) is 8.75 Å². The average Bonchev–Trinajstić information content (AvgIpc) is 3.90. The molecule has 8 heteroatoms. The van der Waals surface area contributed by atoms with Gasteiger partial charge in [-0.25, -0.2) is 0 Å². The van der Waals surface area contributed by atoms with Gasteiger partial charge in [-0.05, 0) is 103 Å². The zero-order chi connectivity index (χ0) is 32.9. The largest absolute Gasteiger partial charge is 0.311 e. The minimum absolute atomic E-state index is 0.992. The van der Waals surface area contributed by atoms with Crippen molar-refractivity contribution in [2.75, 3.05) is 4.90 Å². The molecule has 0 radical (unpaired) electrons. The third-order valence-corrected chi connectivity index (χ3v) is 12.5. The maximum absolute atomic E-state index is 4.78. The number of unbranched alkanes of at least 4 members (excludes halogenated alkanes) is 5. The number of fused-ring (bicyclic) bond motifs is 1. The highest BCUT2D eigenvalue weighted by Gasteiger charge is 2.17. The zero-order valence-electron chi connectivity index (χ0n) is 26.7. The van der Waals surface area contributed by atoms with Crippen LogP contribution in [0.2, 0.25) is 0 Å². The summed E-state index contributed by atoms with van der Waals surface area (Å²) in [5.74, 6) is 0. The van der Waals surface area contributed by atoms with Crippen molar-refractivity contribution >= 4 is 94.4 Å². The van der Waals surface area contributed by atoms with Crippen LogP contribution in [-0.4, -0.2) is 8.75 Å². The average molecular weight is 814 g/mol. The molecule has 0 amide bonds. The highest BCUT2D eigenvalue weighted by atomic mass is 79.9. The summed E-state index contributed by atoms with van der Waals surface area (Å²) < 4.78 is 11.7. The van der Waals surface area contributed by atoms with Crippen LogP contribution in [0, 0.1) is 0 Å². The Morgan fingerprint density at radius 2 is 1.02 bits per heavy atom. The van der Waals surface area contributed by atoms with Gasteiger partial charge in [-0.3, -0.25) is 0 Å². The Bertz CT molecular complexity index is 2050. The van der Waals surface area contributed by atoms with E-state index in [1.54, 1.807) is 11.3 Å². The number of hydrogen-bond acceptors (Lipinski definition) is 6. The van der Waals surface area contributed by atoms with Crippen molar-refractivity contribution in [2.24, 2.45) is 0 Å². The second-order valence-corrected chi connectivity index (χ2v) is 16.5. The van der Waals surface area contributed by atoms with Gasteiger partial charge in [-0.2, -0.15) is 8.75 Å². The SMILES string of the molecule is CCCCCCCCc1ccc(-c2ccc(-c3ccc(-c4ccc(N(c5ccc(Br)cc5)c5ccc(Br)cc5)cc4)s3)c3nsnc23)s1. The Kier molecular flexibility index (Phi) is 10.8. The third-order valence-electron chi connectivity index (χ3n) is 8.57. The fraction of sp³-hybridized carbons (Fsp3) is 0.200. The molecule has 0 atom stereocenters. The van der Waals surface area contributed by atoms with Crippen molar-refractivity contribution in [3.8, 4) is 31.3 Å². The van der Waals surface area contributed by atoms with Crippen LogP contribution in [0.3, 0.4) is 0 Å². The summed E-state index contributed by atoms with van der Waals surface area (Å²) in [4.78, 5) is 7.47. The number of halogens is 2. The minimum Gasteiger partial charge on any atom is -0.311 e. The fourth-order valence-electron chi connectivity index (χ4n) is 6.04. The van der Waals surface area contributed by atoms with Crippen molar-refractivity contribution in [3.05, 3.63) is 123 Å². The number of benzene rings is 4. The van der Waals surface area contributed by atoms with E-state index in [1.165, 1.54) is 87.3 Å². The lowest BCUT2D eigenvalue weighted by atomic mass is 10.1. The van der Waals surface area contributed by atoms with E-state index in [1.807, 2.05) is 11.3 Å². The molecule has 0 aliphatic heterocycles. The summed E-state index contributed by atoms with van der Waals surface area (Å²) in [7, 11) is 0. The monoisotopic (exact) mass is 811 g/mol. The first-order valence-electron chi connectivity index (χ1n) is 16.4. The number of hydrogen-bond donors (Lipinski definition) is 0. The van der Waals surface area contributed by atoms with Crippen LogP contribution in [0.1, 0.15) is 50.3 Å². The van der Waals surface area contributed by atoms with Gasteiger partial charge in [0.15, 0.2) is 0 Å². The van der Waals surface area contributed by atoms with Crippen LogP contribution in [0.4, 0.5) is 17.1 Å². The lowest BCUT2D eigenvalue weighted by Crippen LogP contribution is -2.09. The van der Waals surface area contributed by atoms with Crippen LogP contribution < -0.4 is 4.90 Å².